The van der Waals surface area contributed by atoms with E-state index in [9.17, 15) is 14.9 Å². The van der Waals surface area contributed by atoms with E-state index in [4.69, 9.17) is 10.00 Å². The first-order valence-corrected chi connectivity index (χ1v) is 6.86. The Hall–Kier alpha value is -3.40. The molecule has 114 valence electrons. The molecule has 0 aromatic heterocycles. The smallest absolute Gasteiger partial charge is 0.311 e. The van der Waals surface area contributed by atoms with Crippen LogP contribution in [0.15, 0.2) is 36.4 Å². The molecule has 1 N–H and O–H groups in total. The number of ether oxygens (including phenoxy) is 1. The third-order valence-corrected chi connectivity index (χ3v) is 3.49. The molecule has 0 radical (unpaired) electrons. The van der Waals surface area contributed by atoms with Crippen molar-refractivity contribution in [3.63, 3.8) is 0 Å². The van der Waals surface area contributed by atoms with Gasteiger partial charge in [0.1, 0.15) is 5.75 Å². The van der Waals surface area contributed by atoms with Gasteiger partial charge in [0.25, 0.3) is 0 Å². The van der Waals surface area contributed by atoms with Crippen molar-refractivity contribution in [1.82, 2.24) is 0 Å². The molecule has 23 heavy (non-hydrogen) atoms. The van der Waals surface area contributed by atoms with Gasteiger partial charge in [0.2, 0.25) is 11.7 Å². The van der Waals surface area contributed by atoms with Crippen LogP contribution in [0.4, 0.5) is 11.4 Å². The Labute approximate surface area is 131 Å². The highest BCUT2D eigenvalue weighted by Gasteiger charge is 2.19. The normalized spacial score (nSPS) is 12.7. The van der Waals surface area contributed by atoms with Crippen molar-refractivity contribution in [3.8, 4) is 17.6 Å². The first kappa shape index (κ1) is 14.5. The molecule has 0 unspecified atom stereocenters. The number of fused-ring (bicyclic) bond motifs is 1. The van der Waals surface area contributed by atoms with Crippen LogP contribution in [-0.2, 0) is 11.2 Å². The molecule has 3 rings (SSSR count). The number of hydrogen-bond acceptors (Lipinski definition) is 5. The van der Waals surface area contributed by atoms with E-state index in [1.165, 1.54) is 18.2 Å². The molecule has 0 atom stereocenters. The number of nitro groups is 1. The van der Waals surface area contributed by atoms with Gasteiger partial charge in [-0.25, -0.2) is 0 Å². The predicted octanol–water partition coefficient (Wildman–Crippen LogP) is 3.14. The summed E-state index contributed by atoms with van der Waals surface area (Å²) in [6, 6.07) is 10.9. The zero-order chi connectivity index (χ0) is 16.4. The molecule has 7 nitrogen and oxygen atoms in total. The molecule has 1 heterocycles. The van der Waals surface area contributed by atoms with Crippen molar-refractivity contribution in [1.29, 1.82) is 5.26 Å². The average Bonchev–Trinajstić information content (AvgIpc) is 2.54. The van der Waals surface area contributed by atoms with Gasteiger partial charge in [-0.2, -0.15) is 5.26 Å². The fourth-order valence-corrected chi connectivity index (χ4v) is 2.37. The summed E-state index contributed by atoms with van der Waals surface area (Å²) in [5, 5.41) is 22.8. The van der Waals surface area contributed by atoms with Gasteiger partial charge in [0, 0.05) is 24.2 Å². The van der Waals surface area contributed by atoms with Gasteiger partial charge in [0.05, 0.1) is 16.6 Å². The first-order chi connectivity index (χ1) is 11.1. The molecule has 2 aromatic rings. The summed E-state index contributed by atoms with van der Waals surface area (Å²) in [4.78, 5) is 21.9. The third kappa shape index (κ3) is 2.96. The van der Waals surface area contributed by atoms with Crippen LogP contribution in [0.2, 0.25) is 0 Å². The molecular weight excluding hydrogens is 298 g/mol. The third-order valence-electron chi connectivity index (χ3n) is 3.49. The minimum absolute atomic E-state index is 0.00819. The van der Waals surface area contributed by atoms with Crippen LogP contribution in [0.3, 0.4) is 0 Å². The summed E-state index contributed by atoms with van der Waals surface area (Å²) >= 11 is 0. The van der Waals surface area contributed by atoms with Gasteiger partial charge in [-0.05, 0) is 36.2 Å². The Kier molecular flexibility index (Phi) is 3.65. The molecule has 0 bridgehead atoms. The molecule has 0 saturated heterocycles. The van der Waals surface area contributed by atoms with Gasteiger partial charge in [-0.15, -0.1) is 0 Å². The lowest BCUT2D eigenvalue weighted by atomic mass is 10.0. The summed E-state index contributed by atoms with van der Waals surface area (Å²) < 4.78 is 5.60. The minimum atomic E-state index is -0.560. The first-order valence-electron chi connectivity index (χ1n) is 6.86. The van der Waals surface area contributed by atoms with Crippen molar-refractivity contribution >= 4 is 17.3 Å². The van der Waals surface area contributed by atoms with E-state index >= 15 is 0 Å². The maximum atomic E-state index is 11.3. The maximum Gasteiger partial charge on any atom is 0.311 e. The molecule has 7 heteroatoms. The SMILES string of the molecule is N#Cc1ccc([N+](=O)[O-])c(Oc2ccc3c(c2)CCC(=O)N3)c1. The van der Waals surface area contributed by atoms with E-state index < -0.39 is 4.92 Å². The minimum Gasteiger partial charge on any atom is -0.450 e. The van der Waals surface area contributed by atoms with Gasteiger partial charge < -0.3 is 10.1 Å². The van der Waals surface area contributed by atoms with Crippen LogP contribution < -0.4 is 10.1 Å². The largest absolute Gasteiger partial charge is 0.450 e. The second-order valence-corrected chi connectivity index (χ2v) is 5.02. The fraction of sp³-hybridized carbons (Fsp3) is 0.125. The number of amides is 1. The molecular formula is C16H11N3O4. The average molecular weight is 309 g/mol. The highest BCUT2D eigenvalue weighted by atomic mass is 16.6. The van der Waals surface area contributed by atoms with Crippen molar-refractivity contribution in [2.75, 3.05) is 5.32 Å². The molecule has 0 aliphatic carbocycles. The predicted molar refractivity (Wildman–Crippen MR) is 81.3 cm³/mol. The van der Waals surface area contributed by atoms with Gasteiger partial charge in [-0.3, -0.25) is 14.9 Å². The van der Waals surface area contributed by atoms with Gasteiger partial charge in [0.15, 0.2) is 0 Å². The highest BCUT2D eigenvalue weighted by molar-refractivity contribution is 5.94. The lowest BCUT2D eigenvalue weighted by molar-refractivity contribution is -0.385. The zero-order valence-corrected chi connectivity index (χ0v) is 11.9. The summed E-state index contributed by atoms with van der Waals surface area (Å²) in [5.74, 6) is 0.385. The Morgan fingerprint density at radius 3 is 2.78 bits per heavy atom. The van der Waals surface area contributed by atoms with Crippen molar-refractivity contribution < 1.29 is 14.5 Å². The van der Waals surface area contributed by atoms with E-state index in [0.29, 0.717) is 24.3 Å². The van der Waals surface area contributed by atoms with E-state index in [2.05, 4.69) is 5.32 Å². The van der Waals surface area contributed by atoms with Crippen LogP contribution in [0.5, 0.6) is 11.5 Å². The Morgan fingerprint density at radius 2 is 2.04 bits per heavy atom. The lowest BCUT2D eigenvalue weighted by Crippen LogP contribution is -2.18. The Balaban J connectivity index is 1.95. The molecule has 0 saturated carbocycles. The summed E-state index contributed by atoms with van der Waals surface area (Å²) in [7, 11) is 0. The van der Waals surface area contributed by atoms with Gasteiger partial charge >= 0.3 is 5.69 Å². The number of carbonyl (C=O) groups excluding carboxylic acids is 1. The van der Waals surface area contributed by atoms with E-state index in [1.54, 1.807) is 18.2 Å². The second-order valence-electron chi connectivity index (χ2n) is 5.02. The highest BCUT2D eigenvalue weighted by Crippen LogP contribution is 2.34. The number of carbonyl (C=O) groups is 1. The summed E-state index contributed by atoms with van der Waals surface area (Å²) in [6.07, 6.45) is 0.971. The molecule has 1 aliphatic rings. The molecule has 1 amide bonds. The molecule has 1 aliphatic heterocycles. The number of anilines is 1. The monoisotopic (exact) mass is 309 g/mol. The maximum absolute atomic E-state index is 11.3. The quantitative estimate of drug-likeness (QED) is 0.692. The summed E-state index contributed by atoms with van der Waals surface area (Å²) in [6.45, 7) is 0. The number of nitrogens with one attached hydrogen (secondary N) is 1. The van der Waals surface area contributed by atoms with Crippen LogP contribution in [0.25, 0.3) is 0 Å². The van der Waals surface area contributed by atoms with Gasteiger partial charge in [-0.1, -0.05) is 0 Å². The zero-order valence-electron chi connectivity index (χ0n) is 11.9. The van der Waals surface area contributed by atoms with Crippen LogP contribution >= 0.6 is 0 Å². The number of nitrogens with zero attached hydrogens (tertiary/aromatic N) is 2. The second kappa shape index (κ2) is 5.77. The number of benzene rings is 2. The number of hydrogen-bond donors (Lipinski definition) is 1. The fourth-order valence-electron chi connectivity index (χ4n) is 2.37. The number of rotatable bonds is 3. The summed E-state index contributed by atoms with van der Waals surface area (Å²) in [5.41, 5.74) is 1.68. The number of nitriles is 1. The van der Waals surface area contributed by atoms with Crippen molar-refractivity contribution in [2.24, 2.45) is 0 Å². The van der Waals surface area contributed by atoms with E-state index in [1.807, 2.05) is 6.07 Å². The van der Waals surface area contributed by atoms with E-state index in [-0.39, 0.29) is 22.9 Å². The lowest BCUT2D eigenvalue weighted by Gasteiger charge is -2.17. The van der Waals surface area contributed by atoms with Crippen molar-refractivity contribution in [2.45, 2.75) is 12.8 Å². The molecule has 0 fully saturated rings. The molecule has 2 aromatic carbocycles. The van der Waals surface area contributed by atoms with Crippen LogP contribution in [-0.4, -0.2) is 10.8 Å². The topological polar surface area (TPSA) is 105 Å². The van der Waals surface area contributed by atoms with E-state index in [0.717, 1.165) is 5.56 Å². The van der Waals surface area contributed by atoms with Crippen LogP contribution in [0, 0.1) is 21.4 Å². The van der Waals surface area contributed by atoms with Crippen LogP contribution in [0.1, 0.15) is 17.5 Å². The Bertz CT molecular complexity index is 855. The Morgan fingerprint density at radius 1 is 1.22 bits per heavy atom. The number of aryl methyl sites for hydroxylation is 1. The standard InChI is InChI=1S/C16H11N3O4/c17-9-10-1-5-14(19(21)22)15(7-10)23-12-3-4-13-11(8-12)2-6-16(20)18-13/h1,3-5,7-8H,2,6H2,(H,18,20). The molecule has 0 spiro atoms. The van der Waals surface area contributed by atoms with Crippen molar-refractivity contribution in [3.05, 3.63) is 57.6 Å². The number of nitro benzene ring substituents is 1.